The highest BCUT2D eigenvalue weighted by molar-refractivity contribution is 5.86. The molecule has 4 aromatic rings. The van der Waals surface area contributed by atoms with Crippen LogP contribution in [0.1, 0.15) is 48.9 Å². The van der Waals surface area contributed by atoms with Crippen LogP contribution in [0.25, 0.3) is 11.0 Å². The summed E-state index contributed by atoms with van der Waals surface area (Å²) in [5.41, 5.74) is 9.02. The molecule has 1 aliphatic heterocycles. The first-order chi connectivity index (χ1) is 18.2. The van der Waals surface area contributed by atoms with Crippen LogP contribution in [-0.4, -0.2) is 7.11 Å². The summed E-state index contributed by atoms with van der Waals surface area (Å²) in [6, 6.07) is 22.6. The van der Waals surface area contributed by atoms with Crippen molar-refractivity contribution >= 4 is 11.0 Å². The molecule has 7 heteroatoms. The molecule has 0 fully saturated rings. The number of ether oxygens (including phenoxy) is 3. The quantitative estimate of drug-likeness (QED) is 0.335. The van der Waals surface area contributed by atoms with Crippen LogP contribution in [0.5, 0.6) is 17.2 Å². The van der Waals surface area contributed by atoms with E-state index in [1.807, 2.05) is 24.3 Å². The Hall–Kier alpha value is -4.70. The lowest BCUT2D eigenvalue weighted by Gasteiger charge is -2.26. The number of fused-ring (bicyclic) bond motifs is 3. The van der Waals surface area contributed by atoms with E-state index in [1.165, 1.54) is 5.56 Å². The monoisotopic (exact) mass is 508 g/mol. The van der Waals surface area contributed by atoms with Crippen LogP contribution in [0.3, 0.4) is 0 Å². The molecule has 2 N–H and O–H groups in total. The Bertz CT molecular complexity index is 1650. The third-order valence-electron chi connectivity index (χ3n) is 6.73. The molecule has 0 saturated heterocycles. The van der Waals surface area contributed by atoms with Crippen molar-refractivity contribution in [2.75, 3.05) is 7.11 Å². The van der Waals surface area contributed by atoms with Gasteiger partial charge in [-0.15, -0.1) is 0 Å². The maximum absolute atomic E-state index is 13.2. The fourth-order valence-corrected chi connectivity index (χ4v) is 4.70. The summed E-state index contributed by atoms with van der Waals surface area (Å²) in [6.45, 7) is 6.70. The second-order valence-electron chi connectivity index (χ2n) is 10.2. The Labute approximate surface area is 220 Å². The van der Waals surface area contributed by atoms with Crippen LogP contribution in [0.4, 0.5) is 0 Å². The molecule has 3 aromatic carbocycles. The molecule has 1 aliphatic rings. The van der Waals surface area contributed by atoms with Crippen molar-refractivity contribution in [2.24, 2.45) is 5.73 Å². The largest absolute Gasteiger partial charge is 0.496 e. The molecule has 192 valence electrons. The average molecular weight is 509 g/mol. The summed E-state index contributed by atoms with van der Waals surface area (Å²) in [5, 5.41) is 10.6. The highest BCUT2D eigenvalue weighted by atomic mass is 16.5. The fourth-order valence-electron chi connectivity index (χ4n) is 4.70. The van der Waals surface area contributed by atoms with Crippen molar-refractivity contribution in [3.05, 3.63) is 111 Å². The molecular weight excluding hydrogens is 480 g/mol. The van der Waals surface area contributed by atoms with Crippen molar-refractivity contribution in [3.8, 4) is 23.3 Å². The molecule has 1 atom stereocenters. The van der Waals surface area contributed by atoms with Gasteiger partial charge in [0.1, 0.15) is 35.3 Å². The van der Waals surface area contributed by atoms with Gasteiger partial charge in [-0.1, -0.05) is 51.1 Å². The van der Waals surface area contributed by atoms with E-state index in [0.717, 1.165) is 11.3 Å². The molecule has 1 unspecified atom stereocenters. The first-order valence-electron chi connectivity index (χ1n) is 12.2. The number of hydrogen-bond acceptors (Lipinski definition) is 7. The summed E-state index contributed by atoms with van der Waals surface area (Å²) in [6.07, 6.45) is 0. The topological polar surface area (TPSA) is 108 Å². The van der Waals surface area contributed by atoms with Crippen LogP contribution in [-0.2, 0) is 12.0 Å². The van der Waals surface area contributed by atoms with Crippen LogP contribution in [0.15, 0.2) is 87.4 Å². The number of allylic oxidation sites excluding steroid dienone is 1. The second-order valence-corrected chi connectivity index (χ2v) is 10.2. The van der Waals surface area contributed by atoms with E-state index in [4.69, 9.17) is 24.4 Å². The van der Waals surface area contributed by atoms with E-state index >= 15 is 0 Å². The number of para-hydroxylation sites is 1. The van der Waals surface area contributed by atoms with Gasteiger partial charge in [0.25, 0.3) is 0 Å². The minimum absolute atomic E-state index is 0.0436. The smallest absolute Gasteiger partial charge is 0.344 e. The van der Waals surface area contributed by atoms with Crippen molar-refractivity contribution in [1.29, 1.82) is 5.26 Å². The second kappa shape index (κ2) is 9.64. The van der Waals surface area contributed by atoms with E-state index in [0.29, 0.717) is 28.0 Å². The van der Waals surface area contributed by atoms with E-state index < -0.39 is 11.5 Å². The highest BCUT2D eigenvalue weighted by Gasteiger charge is 2.35. The van der Waals surface area contributed by atoms with Gasteiger partial charge in [0.15, 0.2) is 5.75 Å². The number of hydrogen-bond donors (Lipinski definition) is 1. The number of methoxy groups -OCH3 is 1. The van der Waals surface area contributed by atoms with Gasteiger partial charge in [0, 0.05) is 5.56 Å². The fraction of sp³-hybridized carbons (Fsp3) is 0.226. The Balaban J connectivity index is 1.56. The lowest BCUT2D eigenvalue weighted by molar-refractivity contribution is 0.296. The highest BCUT2D eigenvalue weighted by Crippen LogP contribution is 2.44. The van der Waals surface area contributed by atoms with E-state index in [-0.39, 0.29) is 29.0 Å². The first kappa shape index (κ1) is 25.0. The molecule has 38 heavy (non-hydrogen) atoms. The van der Waals surface area contributed by atoms with Crippen molar-refractivity contribution in [2.45, 2.75) is 38.7 Å². The molecule has 5 rings (SSSR count). The van der Waals surface area contributed by atoms with Crippen molar-refractivity contribution in [1.82, 2.24) is 0 Å². The number of nitrogens with two attached hydrogens (primary N) is 1. The van der Waals surface area contributed by atoms with Crippen molar-refractivity contribution in [3.63, 3.8) is 0 Å². The van der Waals surface area contributed by atoms with Crippen LogP contribution < -0.4 is 25.6 Å². The zero-order valence-electron chi connectivity index (χ0n) is 21.7. The van der Waals surface area contributed by atoms with Crippen LogP contribution in [0.2, 0.25) is 0 Å². The normalized spacial score (nSPS) is 15.0. The van der Waals surface area contributed by atoms with E-state index in [1.54, 1.807) is 37.4 Å². The number of nitrogens with zero attached hydrogens (tertiary/aromatic N) is 1. The first-order valence-corrected chi connectivity index (χ1v) is 12.2. The molecule has 0 bridgehead atoms. The number of nitriles is 1. The van der Waals surface area contributed by atoms with Crippen molar-refractivity contribution < 1.29 is 18.6 Å². The number of rotatable bonds is 5. The third-order valence-corrected chi connectivity index (χ3v) is 6.73. The summed E-state index contributed by atoms with van der Waals surface area (Å²) in [4.78, 5) is 13.2. The van der Waals surface area contributed by atoms with Gasteiger partial charge < -0.3 is 24.4 Å². The summed E-state index contributed by atoms with van der Waals surface area (Å²) < 4.78 is 23.1. The summed E-state index contributed by atoms with van der Waals surface area (Å²) in [7, 11) is 1.58. The molecule has 7 nitrogen and oxygen atoms in total. The Morgan fingerprint density at radius 1 is 1.05 bits per heavy atom. The minimum Gasteiger partial charge on any atom is -0.496 e. The molecule has 0 spiro atoms. The van der Waals surface area contributed by atoms with Crippen LogP contribution in [0, 0.1) is 11.3 Å². The average Bonchev–Trinajstić information content (AvgIpc) is 2.91. The number of benzene rings is 3. The zero-order valence-corrected chi connectivity index (χ0v) is 21.7. The van der Waals surface area contributed by atoms with Gasteiger partial charge in [-0.2, -0.15) is 5.26 Å². The maximum atomic E-state index is 13.2. The Morgan fingerprint density at radius 3 is 2.47 bits per heavy atom. The predicted octanol–water partition coefficient (Wildman–Crippen LogP) is 5.90. The predicted molar refractivity (Wildman–Crippen MR) is 144 cm³/mol. The van der Waals surface area contributed by atoms with Gasteiger partial charge in [-0.3, -0.25) is 0 Å². The van der Waals surface area contributed by atoms with Gasteiger partial charge >= 0.3 is 5.63 Å². The third kappa shape index (κ3) is 4.46. The molecule has 0 radical (unpaired) electrons. The van der Waals surface area contributed by atoms with E-state index in [2.05, 4.69) is 39.0 Å². The molecule has 0 amide bonds. The molecule has 0 saturated carbocycles. The minimum atomic E-state index is -0.777. The lowest BCUT2D eigenvalue weighted by Crippen LogP contribution is -2.26. The molecule has 1 aromatic heterocycles. The summed E-state index contributed by atoms with van der Waals surface area (Å²) in [5.74, 6) is 0.809. The van der Waals surface area contributed by atoms with Crippen LogP contribution >= 0.6 is 0 Å². The molecule has 0 aliphatic carbocycles. The molecule has 2 heterocycles. The Morgan fingerprint density at radius 2 is 1.79 bits per heavy atom. The van der Waals surface area contributed by atoms with Gasteiger partial charge in [-0.05, 0) is 52.9 Å². The summed E-state index contributed by atoms with van der Waals surface area (Å²) >= 11 is 0. The standard InChI is InChI=1S/C31H28N2O5/c1-31(2,3)20-10-12-21(13-11-20)36-17-19-15-18(9-14-24(19)35-4)26-23(16-32)29(33)38-28-22-7-5-6-8-25(22)37-30(34)27(26)28/h5-15,26H,17,33H2,1-4H3. The van der Waals surface area contributed by atoms with Gasteiger partial charge in [-0.25, -0.2) is 4.79 Å². The maximum Gasteiger partial charge on any atom is 0.344 e. The zero-order chi connectivity index (χ0) is 27.0. The SMILES string of the molecule is COc1ccc(C2C(C#N)=C(N)Oc3c2c(=O)oc2ccccc32)cc1COc1ccc(C(C)(C)C)cc1. The van der Waals surface area contributed by atoms with Gasteiger partial charge in [0.05, 0.1) is 24.0 Å². The molecular formula is C31H28N2O5. The van der Waals surface area contributed by atoms with E-state index in [9.17, 15) is 10.1 Å². The Kier molecular flexibility index (Phi) is 6.33. The lowest BCUT2D eigenvalue weighted by atomic mass is 9.83. The van der Waals surface area contributed by atoms with Gasteiger partial charge in [0.2, 0.25) is 5.88 Å².